The van der Waals surface area contributed by atoms with Gasteiger partial charge in [-0.1, -0.05) is 29.8 Å². The number of para-hydroxylation sites is 1. The van der Waals surface area contributed by atoms with Gasteiger partial charge < -0.3 is 14.7 Å². The molecule has 0 saturated carbocycles. The number of morpholine rings is 1. The molecule has 0 unspecified atom stereocenters. The Morgan fingerprint density at radius 1 is 0.881 bits per heavy atom. The summed E-state index contributed by atoms with van der Waals surface area (Å²) in [5.41, 5.74) is 4.70. The molecule has 2 amide bonds. The Kier molecular flexibility index (Phi) is 6.27. The standard InChI is InChI=1S/C34H32N2O6/c1-18-4-3-5-23(31(18)38)28-22-10-11-24-29(25(22)17-26-30(28)27(37)16-19(2)32(26)39)34(41)36(33(24)40)21-8-6-20(7-9-21)35-12-14-42-15-13-35/h3-10,16,24-25,28-29,38H,11-15,17H2,1-2H3/t24-,25+,28+,29-/m0/s1. The number of hydrogen-bond acceptors (Lipinski definition) is 7. The average molecular weight is 565 g/mol. The predicted molar refractivity (Wildman–Crippen MR) is 156 cm³/mol. The van der Waals surface area contributed by atoms with Crippen LogP contribution in [0.15, 0.2) is 76.9 Å². The molecule has 2 aromatic rings. The molecule has 4 atom stereocenters. The number of aryl methyl sites for hydroxylation is 1. The fourth-order valence-corrected chi connectivity index (χ4v) is 7.54. The van der Waals surface area contributed by atoms with Crippen LogP contribution in [0.5, 0.6) is 5.75 Å². The highest BCUT2D eigenvalue weighted by molar-refractivity contribution is 6.25. The van der Waals surface area contributed by atoms with Crippen molar-refractivity contribution in [3.63, 3.8) is 0 Å². The van der Waals surface area contributed by atoms with Crippen molar-refractivity contribution >= 4 is 34.8 Å². The Labute approximate surface area is 243 Å². The topological polar surface area (TPSA) is 104 Å². The van der Waals surface area contributed by atoms with Crippen molar-refractivity contribution in [2.24, 2.45) is 17.8 Å². The Morgan fingerprint density at radius 2 is 1.60 bits per heavy atom. The number of benzene rings is 2. The monoisotopic (exact) mass is 564 g/mol. The molecular weight excluding hydrogens is 532 g/mol. The fraction of sp³-hybridized carbons (Fsp3) is 0.353. The zero-order valence-electron chi connectivity index (χ0n) is 23.6. The van der Waals surface area contributed by atoms with Crippen LogP contribution in [0.3, 0.4) is 0 Å². The number of anilines is 2. The number of rotatable bonds is 3. The lowest BCUT2D eigenvalue weighted by Gasteiger charge is -2.42. The van der Waals surface area contributed by atoms with Crippen LogP contribution in [-0.4, -0.2) is 54.8 Å². The molecule has 2 aliphatic heterocycles. The maximum Gasteiger partial charge on any atom is 0.238 e. The Balaban J connectivity index is 1.28. The van der Waals surface area contributed by atoms with Gasteiger partial charge in [0.15, 0.2) is 11.6 Å². The third kappa shape index (κ3) is 3.92. The Bertz CT molecular complexity index is 1640. The number of phenolic OH excluding ortho intramolecular Hbond substituents is 1. The van der Waals surface area contributed by atoms with Crippen LogP contribution in [0.25, 0.3) is 0 Å². The van der Waals surface area contributed by atoms with Crippen molar-refractivity contribution in [3.8, 4) is 5.75 Å². The van der Waals surface area contributed by atoms with E-state index in [1.807, 2.05) is 36.4 Å². The number of carbonyl (C=O) groups excluding carboxylic acids is 4. The normalized spacial score (nSPS) is 27.5. The van der Waals surface area contributed by atoms with Gasteiger partial charge in [0.1, 0.15) is 5.75 Å². The second-order valence-corrected chi connectivity index (χ2v) is 11.9. The van der Waals surface area contributed by atoms with Crippen molar-refractivity contribution in [1.29, 1.82) is 0 Å². The first-order valence-electron chi connectivity index (χ1n) is 14.6. The molecule has 8 heteroatoms. The number of amides is 2. The van der Waals surface area contributed by atoms with Crippen LogP contribution < -0.4 is 9.80 Å². The minimum atomic E-state index is -0.662. The van der Waals surface area contributed by atoms with Gasteiger partial charge in [0, 0.05) is 47.0 Å². The lowest BCUT2D eigenvalue weighted by Crippen LogP contribution is -2.39. The largest absolute Gasteiger partial charge is 0.507 e. The molecule has 0 radical (unpaired) electrons. The minimum Gasteiger partial charge on any atom is -0.507 e. The Hall–Kier alpha value is -4.30. The summed E-state index contributed by atoms with van der Waals surface area (Å²) in [5.74, 6) is -3.22. The first-order chi connectivity index (χ1) is 20.3. The van der Waals surface area contributed by atoms with Gasteiger partial charge in [-0.25, -0.2) is 0 Å². The zero-order valence-corrected chi connectivity index (χ0v) is 23.6. The van der Waals surface area contributed by atoms with E-state index >= 15 is 0 Å². The molecule has 0 spiro atoms. The summed E-state index contributed by atoms with van der Waals surface area (Å²) in [6.45, 7) is 6.31. The first-order valence-corrected chi connectivity index (χ1v) is 14.6. The van der Waals surface area contributed by atoms with E-state index in [4.69, 9.17) is 4.74 Å². The van der Waals surface area contributed by atoms with Crippen molar-refractivity contribution in [2.45, 2.75) is 32.6 Å². The van der Waals surface area contributed by atoms with Gasteiger partial charge >= 0.3 is 0 Å². The third-order valence-electron chi connectivity index (χ3n) is 9.63. The summed E-state index contributed by atoms with van der Waals surface area (Å²) in [7, 11) is 0. The van der Waals surface area contributed by atoms with E-state index in [1.165, 1.54) is 11.0 Å². The number of carbonyl (C=O) groups is 4. The molecule has 3 aliphatic carbocycles. The van der Waals surface area contributed by atoms with Gasteiger partial charge in [-0.2, -0.15) is 0 Å². The lowest BCUT2D eigenvalue weighted by molar-refractivity contribution is -0.123. The number of aromatic hydroxyl groups is 1. The van der Waals surface area contributed by atoms with Crippen LogP contribution >= 0.6 is 0 Å². The van der Waals surface area contributed by atoms with E-state index in [0.717, 1.165) is 24.4 Å². The first kappa shape index (κ1) is 26.6. The van der Waals surface area contributed by atoms with E-state index < -0.39 is 23.7 Å². The minimum absolute atomic E-state index is 0.0698. The molecule has 42 heavy (non-hydrogen) atoms. The van der Waals surface area contributed by atoms with Crippen LogP contribution in [0.1, 0.15) is 36.8 Å². The molecule has 0 bridgehead atoms. The number of Topliss-reactive ketones (excluding diaryl/α,β-unsaturated/α-hetero) is 1. The number of allylic oxidation sites excluding steroid dienone is 6. The average Bonchev–Trinajstić information content (AvgIpc) is 3.26. The van der Waals surface area contributed by atoms with E-state index in [9.17, 15) is 24.3 Å². The summed E-state index contributed by atoms with van der Waals surface area (Å²) < 4.78 is 5.45. The number of imide groups is 1. The molecule has 1 N–H and O–H groups in total. The highest BCUT2D eigenvalue weighted by Gasteiger charge is 2.56. The fourth-order valence-electron chi connectivity index (χ4n) is 7.54. The van der Waals surface area contributed by atoms with Crippen LogP contribution in [-0.2, 0) is 23.9 Å². The highest BCUT2D eigenvalue weighted by atomic mass is 16.5. The summed E-state index contributed by atoms with van der Waals surface area (Å²) in [6, 6.07) is 12.9. The van der Waals surface area contributed by atoms with Gasteiger partial charge in [0.05, 0.1) is 30.7 Å². The van der Waals surface area contributed by atoms with E-state index in [-0.39, 0.29) is 35.6 Å². The van der Waals surface area contributed by atoms with Gasteiger partial charge in [-0.05, 0) is 68.5 Å². The second kappa shape index (κ2) is 9.91. The highest BCUT2D eigenvalue weighted by Crippen LogP contribution is 2.56. The van der Waals surface area contributed by atoms with Crippen LogP contribution in [0.4, 0.5) is 11.4 Å². The molecular formula is C34H32N2O6. The van der Waals surface area contributed by atoms with Crippen molar-refractivity contribution < 1.29 is 29.0 Å². The van der Waals surface area contributed by atoms with Crippen LogP contribution in [0.2, 0.25) is 0 Å². The number of ketones is 2. The van der Waals surface area contributed by atoms with Gasteiger partial charge in [-0.15, -0.1) is 0 Å². The number of fused-ring (bicyclic) bond motifs is 3. The van der Waals surface area contributed by atoms with E-state index in [2.05, 4.69) is 4.90 Å². The van der Waals surface area contributed by atoms with Crippen molar-refractivity contribution in [1.82, 2.24) is 0 Å². The van der Waals surface area contributed by atoms with Gasteiger partial charge in [-0.3, -0.25) is 24.1 Å². The summed E-state index contributed by atoms with van der Waals surface area (Å²) >= 11 is 0. The predicted octanol–water partition coefficient (Wildman–Crippen LogP) is 4.17. The van der Waals surface area contributed by atoms with E-state index in [0.29, 0.717) is 53.2 Å². The Morgan fingerprint density at radius 3 is 2.33 bits per heavy atom. The maximum absolute atomic E-state index is 14.1. The molecule has 2 fully saturated rings. The van der Waals surface area contributed by atoms with Crippen molar-refractivity contribution in [2.75, 3.05) is 36.1 Å². The number of ether oxygens (including phenoxy) is 1. The maximum atomic E-state index is 14.1. The van der Waals surface area contributed by atoms with E-state index in [1.54, 1.807) is 26.0 Å². The molecule has 214 valence electrons. The molecule has 0 aromatic heterocycles. The van der Waals surface area contributed by atoms with Crippen molar-refractivity contribution in [3.05, 3.63) is 88.0 Å². The number of phenols is 1. The van der Waals surface area contributed by atoms with Gasteiger partial charge in [0.2, 0.25) is 11.8 Å². The number of hydrogen-bond donors (Lipinski definition) is 1. The summed E-state index contributed by atoms with van der Waals surface area (Å²) in [4.78, 5) is 58.3. The SMILES string of the molecule is CC1=CC(=O)C2=C(C[C@@H]3C(=CC[C@@H]4C(=O)N(c5ccc(N6CCOCC6)cc5)C(=O)[C@@H]43)[C@@H]2c2cccc(C)c2O)C1=O. The molecule has 7 rings (SSSR count). The zero-order chi connectivity index (χ0) is 29.3. The second-order valence-electron chi connectivity index (χ2n) is 11.9. The summed E-state index contributed by atoms with van der Waals surface area (Å²) in [5, 5.41) is 11.1. The summed E-state index contributed by atoms with van der Waals surface area (Å²) in [6.07, 6.45) is 3.91. The lowest BCUT2D eigenvalue weighted by atomic mass is 9.59. The molecule has 5 aliphatic rings. The quantitative estimate of drug-likeness (QED) is 0.339. The van der Waals surface area contributed by atoms with Crippen LogP contribution in [0, 0.1) is 24.7 Å². The molecule has 8 nitrogen and oxygen atoms in total. The smallest absolute Gasteiger partial charge is 0.238 e. The number of nitrogens with zero attached hydrogens (tertiary/aromatic N) is 2. The third-order valence-corrected chi connectivity index (χ3v) is 9.63. The molecule has 2 heterocycles. The van der Waals surface area contributed by atoms with Gasteiger partial charge in [0.25, 0.3) is 0 Å². The molecule has 2 aromatic carbocycles. The molecule has 2 saturated heterocycles.